The summed E-state index contributed by atoms with van der Waals surface area (Å²) in [7, 11) is 2.07. The van der Waals surface area contributed by atoms with Crippen molar-refractivity contribution in [3.8, 4) is 0 Å². The van der Waals surface area contributed by atoms with Crippen LogP contribution in [0.25, 0.3) is 0 Å². The van der Waals surface area contributed by atoms with Gasteiger partial charge in [-0.25, -0.2) is 14.4 Å². The maximum atomic E-state index is 14.0. The lowest BCUT2D eigenvalue weighted by molar-refractivity contribution is 0.179. The summed E-state index contributed by atoms with van der Waals surface area (Å²) in [6.45, 7) is 4.86. The van der Waals surface area contributed by atoms with E-state index in [0.717, 1.165) is 24.3 Å². The van der Waals surface area contributed by atoms with Gasteiger partial charge in [-0.3, -0.25) is 14.8 Å². The second-order valence-corrected chi connectivity index (χ2v) is 6.63. The van der Waals surface area contributed by atoms with E-state index in [2.05, 4.69) is 44.8 Å². The molecule has 0 unspecified atom stereocenters. The van der Waals surface area contributed by atoms with Gasteiger partial charge in [-0.05, 0) is 32.0 Å². The number of aromatic nitrogens is 3. The Balaban J connectivity index is 1.60. The Hall–Kier alpha value is -1.92. The van der Waals surface area contributed by atoms with Gasteiger partial charge in [-0.2, -0.15) is 0 Å². The fourth-order valence-corrected chi connectivity index (χ4v) is 3.32. The maximum absolute atomic E-state index is 14.0. The van der Waals surface area contributed by atoms with E-state index in [1.165, 1.54) is 11.9 Å². The highest BCUT2D eigenvalue weighted by Crippen LogP contribution is 2.23. The zero-order valence-corrected chi connectivity index (χ0v) is 14.3. The van der Waals surface area contributed by atoms with Gasteiger partial charge < -0.3 is 0 Å². The van der Waals surface area contributed by atoms with E-state index in [4.69, 9.17) is 0 Å². The Morgan fingerprint density at radius 1 is 1.33 bits per heavy atom. The van der Waals surface area contributed by atoms with Gasteiger partial charge in [-0.15, -0.1) is 0 Å². The third-order valence-electron chi connectivity index (χ3n) is 4.54. The molecule has 1 fully saturated rings. The third kappa shape index (κ3) is 4.33. The Kier molecular flexibility index (Phi) is 5.48. The molecule has 0 saturated carbocycles. The molecule has 6 heteroatoms. The molecule has 0 N–H and O–H groups in total. The van der Waals surface area contributed by atoms with Gasteiger partial charge in [0.15, 0.2) is 0 Å². The molecule has 1 aliphatic rings. The van der Waals surface area contributed by atoms with E-state index in [9.17, 15) is 4.39 Å². The van der Waals surface area contributed by atoms with E-state index in [-0.39, 0.29) is 6.04 Å². The lowest BCUT2D eigenvalue weighted by Crippen LogP contribution is -2.38. The molecule has 2 aromatic rings. The molecule has 1 saturated heterocycles. The number of alkyl halides is 1. The van der Waals surface area contributed by atoms with E-state index in [1.807, 2.05) is 12.3 Å². The zero-order chi connectivity index (χ0) is 16.9. The molecule has 3 heterocycles. The number of likely N-dealkylation sites (tertiary alicyclic amines) is 1. The molecular formula is C18H24FN5. The molecule has 2 aromatic heterocycles. The number of halogens is 1. The Morgan fingerprint density at radius 3 is 2.88 bits per heavy atom. The van der Waals surface area contributed by atoms with Gasteiger partial charge in [0.25, 0.3) is 0 Å². The van der Waals surface area contributed by atoms with Crippen LogP contribution >= 0.6 is 0 Å². The monoisotopic (exact) mass is 329 g/mol. The lowest BCUT2D eigenvalue weighted by Gasteiger charge is -2.28. The topological polar surface area (TPSA) is 45.2 Å². The van der Waals surface area contributed by atoms with Gasteiger partial charge >= 0.3 is 0 Å². The van der Waals surface area contributed by atoms with Crippen LogP contribution in [0.2, 0.25) is 0 Å². The SMILES string of the molecule is Cc1cccnc1CN(C)C[C@@H]1C[C@H](F)CN1Cc1cncnc1. The zero-order valence-electron chi connectivity index (χ0n) is 14.3. The van der Waals surface area contributed by atoms with Crippen LogP contribution < -0.4 is 0 Å². The number of pyridine rings is 1. The predicted molar refractivity (Wildman–Crippen MR) is 91.1 cm³/mol. The van der Waals surface area contributed by atoms with Crippen molar-refractivity contribution in [1.29, 1.82) is 0 Å². The third-order valence-corrected chi connectivity index (χ3v) is 4.54. The molecule has 3 rings (SSSR count). The second kappa shape index (κ2) is 7.77. The molecule has 0 aliphatic carbocycles. The van der Waals surface area contributed by atoms with Crippen LogP contribution in [-0.2, 0) is 13.1 Å². The minimum absolute atomic E-state index is 0.203. The van der Waals surface area contributed by atoms with Crippen molar-refractivity contribution in [2.24, 2.45) is 0 Å². The smallest absolute Gasteiger partial charge is 0.115 e. The van der Waals surface area contributed by atoms with Gasteiger partial charge in [0.1, 0.15) is 12.5 Å². The van der Waals surface area contributed by atoms with Crippen LogP contribution in [0.5, 0.6) is 0 Å². The summed E-state index contributed by atoms with van der Waals surface area (Å²) in [6.07, 6.45) is 6.77. The fraction of sp³-hybridized carbons (Fsp3) is 0.500. The van der Waals surface area contributed by atoms with E-state index in [1.54, 1.807) is 12.4 Å². The van der Waals surface area contributed by atoms with Gasteiger partial charge in [-0.1, -0.05) is 6.07 Å². The minimum Gasteiger partial charge on any atom is -0.299 e. The molecule has 0 radical (unpaired) electrons. The molecule has 1 aliphatic heterocycles. The van der Waals surface area contributed by atoms with E-state index in [0.29, 0.717) is 19.5 Å². The average Bonchev–Trinajstić information content (AvgIpc) is 2.90. The van der Waals surface area contributed by atoms with Crippen molar-refractivity contribution in [1.82, 2.24) is 24.8 Å². The average molecular weight is 329 g/mol. The standard InChI is InChI=1S/C18H24FN5/c1-14-4-3-5-22-18(14)12-23(2)11-17-6-16(19)10-24(17)9-15-7-20-13-21-8-15/h3-5,7-8,13,16-17H,6,9-12H2,1-2H3/t16-,17-/m0/s1. The Morgan fingerprint density at radius 2 is 2.12 bits per heavy atom. The summed E-state index contributed by atoms with van der Waals surface area (Å²) in [5.74, 6) is 0. The van der Waals surface area contributed by atoms with Crippen molar-refractivity contribution in [3.05, 3.63) is 53.9 Å². The van der Waals surface area contributed by atoms with Crippen LogP contribution in [0.4, 0.5) is 4.39 Å². The van der Waals surface area contributed by atoms with Crippen molar-refractivity contribution in [3.63, 3.8) is 0 Å². The maximum Gasteiger partial charge on any atom is 0.115 e. The predicted octanol–water partition coefficient (Wildman–Crippen LogP) is 2.22. The number of aryl methyl sites for hydroxylation is 1. The van der Waals surface area contributed by atoms with E-state index < -0.39 is 6.17 Å². The first-order valence-corrected chi connectivity index (χ1v) is 8.33. The Bertz CT molecular complexity index is 651. The highest BCUT2D eigenvalue weighted by atomic mass is 19.1. The van der Waals surface area contributed by atoms with Crippen molar-refractivity contribution < 1.29 is 4.39 Å². The number of nitrogens with zero attached hydrogens (tertiary/aromatic N) is 5. The number of rotatable bonds is 6. The quantitative estimate of drug-likeness (QED) is 0.813. The number of likely N-dealkylation sites (N-methyl/N-ethyl adjacent to an activating group) is 1. The summed E-state index contributed by atoms with van der Waals surface area (Å²) < 4.78 is 14.0. The molecule has 0 spiro atoms. The van der Waals surface area contributed by atoms with Gasteiger partial charge in [0.2, 0.25) is 0 Å². The van der Waals surface area contributed by atoms with Crippen molar-refractivity contribution in [2.75, 3.05) is 20.1 Å². The van der Waals surface area contributed by atoms with Crippen LogP contribution in [0.15, 0.2) is 37.1 Å². The summed E-state index contributed by atoms with van der Waals surface area (Å²) in [6, 6.07) is 4.23. The molecule has 0 aromatic carbocycles. The number of hydrogen-bond donors (Lipinski definition) is 0. The van der Waals surface area contributed by atoms with Crippen LogP contribution in [0, 0.1) is 6.92 Å². The first kappa shape index (κ1) is 16.9. The Labute approximate surface area is 142 Å². The summed E-state index contributed by atoms with van der Waals surface area (Å²) in [5.41, 5.74) is 3.30. The number of hydrogen-bond acceptors (Lipinski definition) is 5. The molecule has 2 atom stereocenters. The highest BCUT2D eigenvalue weighted by Gasteiger charge is 2.32. The second-order valence-electron chi connectivity index (χ2n) is 6.63. The van der Waals surface area contributed by atoms with Crippen LogP contribution in [0.3, 0.4) is 0 Å². The molecule has 24 heavy (non-hydrogen) atoms. The largest absolute Gasteiger partial charge is 0.299 e. The van der Waals surface area contributed by atoms with Gasteiger partial charge in [0.05, 0.1) is 5.69 Å². The fourth-order valence-electron chi connectivity index (χ4n) is 3.32. The van der Waals surface area contributed by atoms with Gasteiger partial charge in [0, 0.05) is 56.4 Å². The molecule has 128 valence electrons. The summed E-state index contributed by atoms with van der Waals surface area (Å²) in [5, 5.41) is 0. The molecule has 0 bridgehead atoms. The molecular weight excluding hydrogens is 305 g/mol. The van der Waals surface area contributed by atoms with E-state index >= 15 is 0 Å². The molecule has 0 amide bonds. The van der Waals surface area contributed by atoms with Crippen LogP contribution in [0.1, 0.15) is 23.2 Å². The normalized spacial score (nSPS) is 21.5. The minimum atomic E-state index is -0.760. The first-order valence-electron chi connectivity index (χ1n) is 8.33. The van der Waals surface area contributed by atoms with Crippen molar-refractivity contribution in [2.45, 2.75) is 38.6 Å². The highest BCUT2D eigenvalue weighted by molar-refractivity contribution is 5.17. The first-order chi connectivity index (χ1) is 11.6. The summed E-state index contributed by atoms with van der Waals surface area (Å²) >= 11 is 0. The molecule has 5 nitrogen and oxygen atoms in total. The summed E-state index contributed by atoms with van der Waals surface area (Å²) in [4.78, 5) is 17.0. The van der Waals surface area contributed by atoms with Crippen LogP contribution in [-0.4, -0.2) is 57.1 Å². The lowest BCUT2D eigenvalue weighted by atomic mass is 10.1. The van der Waals surface area contributed by atoms with Crippen molar-refractivity contribution >= 4 is 0 Å².